The highest BCUT2D eigenvalue weighted by Gasteiger charge is 2.37. The van der Waals surface area contributed by atoms with Crippen LogP contribution in [0, 0.1) is 0 Å². The number of benzene rings is 3. The summed E-state index contributed by atoms with van der Waals surface area (Å²) < 4.78 is 7.29. The van der Waals surface area contributed by atoms with E-state index in [-0.39, 0.29) is 17.9 Å². The van der Waals surface area contributed by atoms with Gasteiger partial charge in [-0.15, -0.1) is 0 Å². The largest absolute Gasteiger partial charge is 0.487 e. The molecule has 3 aromatic carbocycles. The molecule has 0 aromatic heterocycles. The first-order chi connectivity index (χ1) is 16.2. The van der Waals surface area contributed by atoms with Crippen molar-refractivity contribution in [1.82, 2.24) is 5.32 Å². The van der Waals surface area contributed by atoms with Crippen LogP contribution in [-0.4, -0.2) is 17.8 Å². The lowest BCUT2D eigenvalue weighted by molar-refractivity contribution is -0.122. The van der Waals surface area contributed by atoms with Gasteiger partial charge in [-0.05, 0) is 58.4 Å². The molecule has 1 aliphatic heterocycles. The molecule has 0 spiro atoms. The van der Waals surface area contributed by atoms with E-state index in [0.29, 0.717) is 30.3 Å². The number of amides is 4. The molecule has 1 heterocycles. The number of rotatable bonds is 5. The minimum Gasteiger partial charge on any atom is -0.487 e. The van der Waals surface area contributed by atoms with Crippen LogP contribution >= 0.6 is 55.1 Å². The van der Waals surface area contributed by atoms with Crippen molar-refractivity contribution in [3.63, 3.8) is 0 Å². The van der Waals surface area contributed by atoms with Crippen LogP contribution in [-0.2, 0) is 16.2 Å². The summed E-state index contributed by atoms with van der Waals surface area (Å²) >= 11 is 19.1. The van der Waals surface area contributed by atoms with E-state index in [0.717, 1.165) is 10.5 Å². The number of carbonyl (C=O) groups excluding carboxylic acids is 3. The van der Waals surface area contributed by atoms with Crippen molar-refractivity contribution in [1.29, 1.82) is 0 Å². The lowest BCUT2D eigenvalue weighted by atomic mass is 10.1. The second-order valence-electron chi connectivity index (χ2n) is 7.12. The van der Waals surface area contributed by atoms with Crippen LogP contribution in [0.15, 0.2) is 75.2 Å². The normalized spacial score (nSPS) is 15.0. The first-order valence-corrected chi connectivity index (χ1v) is 12.1. The second-order valence-corrected chi connectivity index (χ2v) is 9.74. The fraction of sp³-hybridized carbons (Fsp3) is 0.0417. The predicted octanol–water partition coefficient (Wildman–Crippen LogP) is 6.76. The molecule has 1 saturated heterocycles. The predicted molar refractivity (Wildman–Crippen MR) is 138 cm³/mol. The number of anilines is 1. The Hall–Kier alpha value is -2.65. The molecule has 4 amide bonds. The van der Waals surface area contributed by atoms with Gasteiger partial charge in [0.15, 0.2) is 0 Å². The Balaban J connectivity index is 1.73. The molecule has 6 nitrogen and oxygen atoms in total. The standard InChI is InChI=1S/C24H14Br2Cl2N2O4/c25-15-8-14(21(19(26)10-15)34-12-13-4-1-2-7-20(13)28)9-18-22(31)29-24(33)30(23(18)32)17-6-3-5-16(27)11-17/h1-11H,12H2,(H,29,31,33)/b18-9+. The molecule has 1 fully saturated rings. The highest BCUT2D eigenvalue weighted by Crippen LogP contribution is 2.36. The van der Waals surface area contributed by atoms with Crippen LogP contribution in [0.25, 0.3) is 6.08 Å². The van der Waals surface area contributed by atoms with E-state index in [4.69, 9.17) is 27.9 Å². The number of imide groups is 2. The van der Waals surface area contributed by atoms with Crippen molar-refractivity contribution >= 4 is 84.7 Å². The second kappa shape index (κ2) is 10.3. The Morgan fingerprint density at radius 1 is 0.971 bits per heavy atom. The number of urea groups is 1. The number of hydrogen-bond acceptors (Lipinski definition) is 4. The molecule has 34 heavy (non-hydrogen) atoms. The third kappa shape index (κ3) is 5.20. The molecule has 172 valence electrons. The number of barbiturate groups is 1. The van der Waals surface area contributed by atoms with Crippen molar-refractivity contribution in [3.05, 3.63) is 96.4 Å². The number of carbonyl (C=O) groups is 3. The number of nitrogens with zero attached hydrogens (tertiary/aromatic N) is 1. The molecule has 0 radical (unpaired) electrons. The summed E-state index contributed by atoms with van der Waals surface area (Å²) in [6, 6.07) is 16.1. The third-order valence-corrected chi connectivity index (χ3v) is 6.49. The minimum atomic E-state index is -0.861. The molecule has 0 aliphatic carbocycles. The average molecular weight is 625 g/mol. The highest BCUT2D eigenvalue weighted by atomic mass is 79.9. The third-order valence-electron chi connectivity index (χ3n) is 4.83. The Morgan fingerprint density at radius 3 is 2.47 bits per heavy atom. The molecule has 4 rings (SSSR count). The maximum Gasteiger partial charge on any atom is 0.335 e. The number of nitrogens with one attached hydrogen (secondary N) is 1. The van der Waals surface area contributed by atoms with E-state index in [2.05, 4.69) is 37.2 Å². The number of ether oxygens (including phenoxy) is 1. The summed E-state index contributed by atoms with van der Waals surface area (Å²) in [5.74, 6) is -1.21. The molecule has 3 aromatic rings. The van der Waals surface area contributed by atoms with E-state index in [1.54, 1.807) is 36.4 Å². The van der Waals surface area contributed by atoms with Gasteiger partial charge in [-0.2, -0.15) is 0 Å². The summed E-state index contributed by atoms with van der Waals surface area (Å²) in [6.45, 7) is 0.156. The first-order valence-electron chi connectivity index (χ1n) is 9.77. The van der Waals surface area contributed by atoms with Crippen molar-refractivity contribution in [2.45, 2.75) is 6.61 Å². The number of hydrogen-bond donors (Lipinski definition) is 1. The molecule has 0 bridgehead atoms. The lowest BCUT2D eigenvalue weighted by Crippen LogP contribution is -2.54. The van der Waals surface area contributed by atoms with Gasteiger partial charge in [0, 0.05) is 25.6 Å². The monoisotopic (exact) mass is 622 g/mol. The maximum atomic E-state index is 13.2. The number of halogens is 4. The quantitative estimate of drug-likeness (QED) is 0.251. The average Bonchev–Trinajstić information content (AvgIpc) is 2.77. The van der Waals surface area contributed by atoms with Gasteiger partial charge in [-0.3, -0.25) is 14.9 Å². The highest BCUT2D eigenvalue weighted by molar-refractivity contribution is 9.11. The van der Waals surface area contributed by atoms with Crippen LogP contribution < -0.4 is 15.0 Å². The maximum absolute atomic E-state index is 13.2. The van der Waals surface area contributed by atoms with Crippen LogP contribution in [0.4, 0.5) is 10.5 Å². The van der Waals surface area contributed by atoms with Gasteiger partial charge >= 0.3 is 6.03 Å². The smallest absolute Gasteiger partial charge is 0.335 e. The summed E-state index contributed by atoms with van der Waals surface area (Å²) in [4.78, 5) is 39.1. The van der Waals surface area contributed by atoms with Gasteiger partial charge in [-0.25, -0.2) is 9.69 Å². The molecule has 0 unspecified atom stereocenters. The van der Waals surface area contributed by atoms with E-state index in [1.165, 1.54) is 12.1 Å². The molecule has 0 atom stereocenters. The SMILES string of the molecule is O=C1NC(=O)N(c2cccc(Cl)c2)C(=O)/C1=C/c1cc(Br)cc(Br)c1OCc1ccccc1Cl. The molecule has 0 saturated carbocycles. The lowest BCUT2D eigenvalue weighted by Gasteiger charge is -2.26. The summed E-state index contributed by atoms with van der Waals surface area (Å²) in [5.41, 5.74) is 1.19. The summed E-state index contributed by atoms with van der Waals surface area (Å²) in [6.07, 6.45) is 1.37. The van der Waals surface area contributed by atoms with E-state index >= 15 is 0 Å². The first kappa shape index (κ1) is 24.5. The van der Waals surface area contributed by atoms with Crippen LogP contribution in [0.1, 0.15) is 11.1 Å². The molecule has 10 heteroatoms. The fourth-order valence-corrected chi connectivity index (χ4v) is 5.02. The van der Waals surface area contributed by atoms with Crippen molar-refractivity contribution in [2.24, 2.45) is 0 Å². The zero-order valence-electron chi connectivity index (χ0n) is 17.2. The topological polar surface area (TPSA) is 75.7 Å². The van der Waals surface area contributed by atoms with Gasteiger partial charge in [-0.1, -0.05) is 63.4 Å². The summed E-state index contributed by atoms with van der Waals surface area (Å²) in [7, 11) is 0. The van der Waals surface area contributed by atoms with Crippen LogP contribution in [0.2, 0.25) is 10.0 Å². The van der Waals surface area contributed by atoms with Crippen LogP contribution in [0.3, 0.4) is 0 Å². The van der Waals surface area contributed by atoms with E-state index in [9.17, 15) is 14.4 Å². The van der Waals surface area contributed by atoms with Gasteiger partial charge in [0.2, 0.25) is 0 Å². The molecule has 1 N–H and O–H groups in total. The van der Waals surface area contributed by atoms with Crippen molar-refractivity contribution in [2.75, 3.05) is 4.90 Å². The van der Waals surface area contributed by atoms with Crippen LogP contribution in [0.5, 0.6) is 5.75 Å². The van der Waals surface area contributed by atoms with Gasteiger partial charge in [0.25, 0.3) is 11.8 Å². The van der Waals surface area contributed by atoms with E-state index in [1.807, 2.05) is 18.2 Å². The fourth-order valence-electron chi connectivity index (χ4n) is 3.27. The van der Waals surface area contributed by atoms with Crippen molar-refractivity contribution < 1.29 is 19.1 Å². The minimum absolute atomic E-state index is 0.156. The Bertz CT molecular complexity index is 1360. The Labute approximate surface area is 221 Å². The van der Waals surface area contributed by atoms with Gasteiger partial charge in [0.1, 0.15) is 17.9 Å². The Morgan fingerprint density at radius 2 is 1.74 bits per heavy atom. The van der Waals surface area contributed by atoms with Gasteiger partial charge in [0.05, 0.1) is 10.2 Å². The van der Waals surface area contributed by atoms with Crippen molar-refractivity contribution in [3.8, 4) is 5.75 Å². The zero-order valence-corrected chi connectivity index (χ0v) is 21.8. The van der Waals surface area contributed by atoms with Gasteiger partial charge < -0.3 is 4.74 Å². The summed E-state index contributed by atoms with van der Waals surface area (Å²) in [5, 5.41) is 3.08. The molecular weight excluding hydrogens is 611 g/mol. The van der Waals surface area contributed by atoms with E-state index < -0.39 is 17.8 Å². The molecule has 1 aliphatic rings. The zero-order chi connectivity index (χ0) is 24.4. The Kier molecular flexibility index (Phi) is 7.42. The molecular formula is C24H14Br2Cl2N2O4.